The third-order valence-electron chi connectivity index (χ3n) is 5.92. The highest BCUT2D eigenvalue weighted by Crippen LogP contribution is 2.36. The fourth-order valence-corrected chi connectivity index (χ4v) is 4.30. The summed E-state index contributed by atoms with van der Waals surface area (Å²) in [5.74, 6) is 0.732. The fraction of sp³-hybridized carbons (Fsp3) is 0.192. The van der Waals surface area contributed by atoms with Gasteiger partial charge in [-0.1, -0.05) is 49.4 Å². The average Bonchev–Trinajstić information content (AvgIpc) is 3.48. The smallest absolute Gasteiger partial charge is 0.318 e. The molecule has 0 radical (unpaired) electrons. The number of furan rings is 1. The molecule has 2 aromatic carbocycles. The first kappa shape index (κ1) is 19.2. The van der Waals surface area contributed by atoms with Gasteiger partial charge in [0.25, 0.3) is 0 Å². The molecule has 2 aromatic heterocycles. The minimum atomic E-state index is -0.204. The first-order valence-corrected chi connectivity index (χ1v) is 10.7. The molecule has 4 aromatic rings. The molecule has 31 heavy (non-hydrogen) atoms. The van der Waals surface area contributed by atoms with Gasteiger partial charge in [-0.25, -0.2) is 4.79 Å². The fourth-order valence-electron chi connectivity index (χ4n) is 4.30. The summed E-state index contributed by atoms with van der Waals surface area (Å²) in [5, 5.41) is 3.04. The first-order chi connectivity index (χ1) is 15.2. The van der Waals surface area contributed by atoms with Crippen LogP contribution in [0.4, 0.5) is 4.79 Å². The summed E-state index contributed by atoms with van der Waals surface area (Å²) in [4.78, 5) is 15.4. The van der Waals surface area contributed by atoms with Crippen molar-refractivity contribution in [2.75, 3.05) is 0 Å². The van der Waals surface area contributed by atoms with Crippen molar-refractivity contribution < 1.29 is 9.21 Å². The lowest BCUT2D eigenvalue weighted by molar-refractivity contribution is 0.179. The van der Waals surface area contributed by atoms with E-state index in [9.17, 15) is 4.79 Å². The summed E-state index contributed by atoms with van der Waals surface area (Å²) in [7, 11) is 0. The van der Waals surface area contributed by atoms with Gasteiger partial charge in [-0.2, -0.15) is 0 Å². The van der Waals surface area contributed by atoms with E-state index in [0.29, 0.717) is 13.1 Å². The molecule has 5 heteroatoms. The number of carbonyl (C=O) groups excluding carboxylic acids is 1. The Balaban J connectivity index is 1.57. The van der Waals surface area contributed by atoms with Crippen molar-refractivity contribution in [1.82, 2.24) is 14.8 Å². The third kappa shape index (κ3) is 3.63. The molecule has 1 atom stereocenters. The quantitative estimate of drug-likeness (QED) is 0.486. The summed E-state index contributed by atoms with van der Waals surface area (Å²) in [6.45, 7) is 3.02. The van der Waals surface area contributed by atoms with E-state index in [4.69, 9.17) is 4.42 Å². The molecule has 0 unspecified atom stereocenters. The summed E-state index contributed by atoms with van der Waals surface area (Å²) in [6.07, 6.45) is 4.68. The maximum atomic E-state index is 13.5. The van der Waals surface area contributed by atoms with Crippen molar-refractivity contribution in [3.8, 4) is 5.69 Å². The molecule has 0 saturated heterocycles. The monoisotopic (exact) mass is 411 g/mol. The number of hydrogen-bond donors (Lipinski definition) is 1. The van der Waals surface area contributed by atoms with Crippen molar-refractivity contribution in [3.05, 3.63) is 113 Å². The molecular weight excluding hydrogens is 386 g/mol. The lowest BCUT2D eigenvalue weighted by Gasteiger charge is -2.31. The number of rotatable bonds is 4. The standard InChI is InChI=1S/C26H25N3O2/c1-2-19-11-13-20(14-12-19)25-24-10-5-15-28(24)23-9-4-3-7-21(23)18-29(25)26(30)27-17-22-8-6-16-31-22/h3-16,25H,2,17-18H2,1H3,(H,27,30)/t25-/m0/s1. The molecule has 0 aliphatic carbocycles. The Labute approximate surface area is 181 Å². The first-order valence-electron chi connectivity index (χ1n) is 10.7. The predicted octanol–water partition coefficient (Wildman–Crippen LogP) is 5.45. The van der Waals surface area contributed by atoms with E-state index in [1.165, 1.54) is 5.56 Å². The van der Waals surface area contributed by atoms with E-state index in [-0.39, 0.29) is 12.1 Å². The molecule has 0 spiro atoms. The topological polar surface area (TPSA) is 50.4 Å². The van der Waals surface area contributed by atoms with E-state index in [1.807, 2.05) is 35.2 Å². The third-order valence-corrected chi connectivity index (χ3v) is 5.92. The van der Waals surface area contributed by atoms with Gasteiger partial charge < -0.3 is 19.2 Å². The number of nitrogens with one attached hydrogen (secondary N) is 1. The van der Waals surface area contributed by atoms with Gasteiger partial charge in [0, 0.05) is 11.9 Å². The van der Waals surface area contributed by atoms with E-state index in [0.717, 1.165) is 34.7 Å². The van der Waals surface area contributed by atoms with Crippen LogP contribution in [0.2, 0.25) is 0 Å². The zero-order chi connectivity index (χ0) is 21.2. The Morgan fingerprint density at radius 2 is 1.87 bits per heavy atom. The molecule has 5 rings (SSSR count). The molecule has 0 saturated carbocycles. The van der Waals surface area contributed by atoms with Gasteiger partial charge in [0.05, 0.1) is 31.1 Å². The van der Waals surface area contributed by atoms with E-state index < -0.39 is 0 Å². The normalized spacial score (nSPS) is 15.1. The number of para-hydroxylation sites is 1. The summed E-state index contributed by atoms with van der Waals surface area (Å²) in [6, 6.07) is 24.4. The maximum Gasteiger partial charge on any atom is 0.318 e. The van der Waals surface area contributed by atoms with Crippen molar-refractivity contribution in [1.29, 1.82) is 0 Å². The van der Waals surface area contributed by atoms with Gasteiger partial charge in [-0.3, -0.25) is 0 Å². The Hall–Kier alpha value is -3.73. The second-order valence-electron chi connectivity index (χ2n) is 7.80. The van der Waals surface area contributed by atoms with Crippen LogP contribution in [-0.4, -0.2) is 15.5 Å². The highest BCUT2D eigenvalue weighted by Gasteiger charge is 2.32. The number of benzene rings is 2. The van der Waals surface area contributed by atoms with Crippen LogP contribution in [0, 0.1) is 0 Å². The van der Waals surface area contributed by atoms with Gasteiger partial charge >= 0.3 is 6.03 Å². The van der Waals surface area contributed by atoms with Crippen molar-refractivity contribution >= 4 is 6.03 Å². The average molecular weight is 412 g/mol. The van der Waals surface area contributed by atoms with Crippen LogP contribution >= 0.6 is 0 Å². The maximum absolute atomic E-state index is 13.5. The summed E-state index contributed by atoms with van der Waals surface area (Å²) < 4.78 is 7.60. The second-order valence-corrected chi connectivity index (χ2v) is 7.80. The van der Waals surface area contributed by atoms with E-state index in [2.05, 4.69) is 65.5 Å². The number of hydrogen-bond acceptors (Lipinski definition) is 2. The van der Waals surface area contributed by atoms with Crippen LogP contribution < -0.4 is 5.32 Å². The molecule has 3 heterocycles. The summed E-state index contributed by atoms with van der Waals surface area (Å²) >= 11 is 0. The predicted molar refractivity (Wildman–Crippen MR) is 120 cm³/mol. The Bertz CT molecular complexity index is 1180. The lowest BCUT2D eigenvalue weighted by Crippen LogP contribution is -2.41. The van der Waals surface area contributed by atoms with Crippen molar-refractivity contribution in [3.63, 3.8) is 0 Å². The molecule has 2 amide bonds. The molecule has 0 fully saturated rings. The zero-order valence-corrected chi connectivity index (χ0v) is 17.5. The minimum absolute atomic E-state index is 0.120. The summed E-state index contributed by atoms with van der Waals surface area (Å²) in [5.41, 5.74) is 5.67. The number of urea groups is 1. The number of nitrogens with zero attached hydrogens (tertiary/aromatic N) is 2. The molecule has 1 aliphatic heterocycles. The van der Waals surface area contributed by atoms with E-state index >= 15 is 0 Å². The number of amides is 2. The highest BCUT2D eigenvalue weighted by atomic mass is 16.3. The van der Waals surface area contributed by atoms with Crippen LogP contribution in [-0.2, 0) is 19.5 Å². The van der Waals surface area contributed by atoms with Gasteiger partial charge in [0.1, 0.15) is 5.76 Å². The number of carbonyl (C=O) groups is 1. The Kier molecular flexibility index (Phi) is 5.08. The number of aryl methyl sites for hydroxylation is 1. The molecule has 1 aliphatic rings. The number of aromatic nitrogens is 1. The molecule has 1 N–H and O–H groups in total. The Morgan fingerprint density at radius 1 is 1.03 bits per heavy atom. The van der Waals surface area contributed by atoms with E-state index in [1.54, 1.807) is 6.26 Å². The van der Waals surface area contributed by atoms with Crippen LogP contribution in [0.3, 0.4) is 0 Å². The van der Waals surface area contributed by atoms with Crippen molar-refractivity contribution in [2.24, 2.45) is 0 Å². The molecule has 0 bridgehead atoms. The second kappa shape index (κ2) is 8.19. The molecular formula is C26H25N3O2. The van der Waals surface area contributed by atoms with Crippen LogP contribution in [0.15, 0.2) is 89.7 Å². The lowest BCUT2D eigenvalue weighted by atomic mass is 10.00. The SMILES string of the molecule is CCc1ccc([C@H]2c3cccn3-c3ccccc3CN2C(=O)NCc2ccco2)cc1. The van der Waals surface area contributed by atoms with Crippen LogP contribution in [0.1, 0.15) is 41.1 Å². The van der Waals surface area contributed by atoms with Crippen molar-refractivity contribution in [2.45, 2.75) is 32.5 Å². The minimum Gasteiger partial charge on any atom is -0.467 e. The molecule has 5 nitrogen and oxygen atoms in total. The molecule has 156 valence electrons. The Morgan fingerprint density at radius 3 is 2.65 bits per heavy atom. The zero-order valence-electron chi connectivity index (χ0n) is 17.5. The largest absolute Gasteiger partial charge is 0.467 e. The van der Waals surface area contributed by atoms with Crippen LogP contribution in [0.25, 0.3) is 5.69 Å². The highest BCUT2D eigenvalue weighted by molar-refractivity contribution is 5.76. The van der Waals surface area contributed by atoms with Gasteiger partial charge in [0.2, 0.25) is 0 Å². The van der Waals surface area contributed by atoms with Crippen LogP contribution in [0.5, 0.6) is 0 Å². The van der Waals surface area contributed by atoms with Gasteiger partial charge in [-0.05, 0) is 53.4 Å². The number of fused-ring (bicyclic) bond motifs is 3. The van der Waals surface area contributed by atoms with Gasteiger partial charge in [0.15, 0.2) is 0 Å². The van der Waals surface area contributed by atoms with Gasteiger partial charge in [-0.15, -0.1) is 0 Å².